The number of hydrogen-bond acceptors (Lipinski definition) is 13. The van der Waals surface area contributed by atoms with E-state index < -0.39 is 79.3 Å². The number of carbonyl (C=O) groups excluding carboxylic acids is 6. The van der Waals surface area contributed by atoms with Gasteiger partial charge in [-0.15, -0.1) is 0 Å². The van der Waals surface area contributed by atoms with E-state index in [1.807, 2.05) is 6.08 Å². The molecule has 1 heterocycles. The summed E-state index contributed by atoms with van der Waals surface area (Å²) in [5, 5.41) is 3.02. The molecule has 14 nitrogen and oxygen atoms in total. The molecule has 0 bridgehead atoms. The fourth-order valence-corrected chi connectivity index (χ4v) is 8.63. The zero-order valence-corrected chi connectivity index (χ0v) is 43.6. The highest BCUT2D eigenvalue weighted by atomic mass is 16.7. The standard InChI is InChI=1S/C54H95NO13/c1-8-10-12-14-16-18-20-22-23-24-25-27-29-31-33-35-37-39-50(61)55-47(48(64-43(4)57)38-36-34-32-30-28-26-21-19-17-15-13-11-9-2)40-63-54-53(67-46(7)60)52(66-45(6)59)51(65-44(5)58)49(68-54)41-62-42(3)56/h36,38,47-49,51-54H,8-35,37,39-41H2,1-7H3,(H,55,61)/b38-36+/t47-,48+,49+,51-,52?,53?,54+/m0/s1. The van der Waals surface area contributed by atoms with Gasteiger partial charge in [-0.1, -0.05) is 187 Å². The third-order valence-corrected chi connectivity index (χ3v) is 12.2. The molecule has 1 fully saturated rings. The van der Waals surface area contributed by atoms with Gasteiger partial charge in [-0.2, -0.15) is 0 Å². The zero-order chi connectivity index (χ0) is 50.2. The van der Waals surface area contributed by atoms with Crippen LogP contribution in [0, 0.1) is 0 Å². The van der Waals surface area contributed by atoms with E-state index in [9.17, 15) is 28.8 Å². The first-order chi connectivity index (χ1) is 32.8. The lowest BCUT2D eigenvalue weighted by Gasteiger charge is -2.44. The Morgan fingerprint density at radius 3 is 1.34 bits per heavy atom. The van der Waals surface area contributed by atoms with Crippen molar-refractivity contribution in [2.24, 2.45) is 0 Å². The third-order valence-electron chi connectivity index (χ3n) is 12.2. The van der Waals surface area contributed by atoms with Crippen LogP contribution in [-0.2, 0) is 61.9 Å². The summed E-state index contributed by atoms with van der Waals surface area (Å²) in [6.45, 7) is 9.68. The smallest absolute Gasteiger partial charge is 0.303 e. The van der Waals surface area contributed by atoms with E-state index in [2.05, 4.69) is 19.2 Å². The van der Waals surface area contributed by atoms with Crippen LogP contribution in [0.2, 0.25) is 0 Å². The highest BCUT2D eigenvalue weighted by molar-refractivity contribution is 5.76. The largest absolute Gasteiger partial charge is 0.463 e. The van der Waals surface area contributed by atoms with Gasteiger partial charge >= 0.3 is 29.8 Å². The molecule has 14 heteroatoms. The van der Waals surface area contributed by atoms with Crippen LogP contribution in [0.15, 0.2) is 12.2 Å². The van der Waals surface area contributed by atoms with Gasteiger partial charge in [0.05, 0.1) is 12.6 Å². The minimum Gasteiger partial charge on any atom is -0.463 e. The van der Waals surface area contributed by atoms with Crippen LogP contribution in [0.4, 0.5) is 0 Å². The molecule has 68 heavy (non-hydrogen) atoms. The number of ether oxygens (including phenoxy) is 7. The first-order valence-electron chi connectivity index (χ1n) is 26.8. The number of rotatable bonds is 42. The lowest BCUT2D eigenvalue weighted by atomic mass is 9.98. The van der Waals surface area contributed by atoms with Crippen molar-refractivity contribution in [1.29, 1.82) is 0 Å². The molecule has 1 aliphatic heterocycles. The molecule has 1 rings (SSSR count). The molecule has 394 valence electrons. The molecular weight excluding hydrogens is 871 g/mol. The van der Waals surface area contributed by atoms with Gasteiger partial charge in [0.15, 0.2) is 24.6 Å². The minimum atomic E-state index is -1.47. The van der Waals surface area contributed by atoms with Crippen molar-refractivity contribution in [1.82, 2.24) is 5.32 Å². The number of nitrogens with one attached hydrogen (secondary N) is 1. The van der Waals surface area contributed by atoms with E-state index >= 15 is 0 Å². The number of carbonyl (C=O) groups is 6. The van der Waals surface area contributed by atoms with E-state index in [0.717, 1.165) is 65.7 Å². The predicted octanol–water partition coefficient (Wildman–Crippen LogP) is 11.8. The Labute approximate surface area is 411 Å². The normalized spacial score (nSPS) is 19.0. The molecule has 0 aliphatic carbocycles. The number of allylic oxidation sites excluding steroid dienone is 1. The van der Waals surface area contributed by atoms with Gasteiger partial charge in [0, 0.05) is 41.0 Å². The summed E-state index contributed by atoms with van der Waals surface area (Å²) in [6.07, 6.45) is 31.2. The lowest BCUT2D eigenvalue weighted by molar-refractivity contribution is -0.309. The SMILES string of the molecule is CCCCCCCCCCCCC/C=C/[C@@H](OC(C)=O)[C@H](CO[C@@H]1O[C@H](COC(C)=O)[C@H](OC(C)=O)C(OC(C)=O)C1OC(C)=O)NC(=O)CCCCCCCCCCCCCCCCCCC. The highest BCUT2D eigenvalue weighted by Crippen LogP contribution is 2.30. The predicted molar refractivity (Wildman–Crippen MR) is 264 cm³/mol. The Bertz CT molecular complexity index is 1390. The summed E-state index contributed by atoms with van der Waals surface area (Å²) in [6, 6.07) is -0.919. The van der Waals surface area contributed by atoms with Crippen LogP contribution >= 0.6 is 0 Å². The van der Waals surface area contributed by atoms with Crippen LogP contribution in [-0.4, -0.2) is 91.8 Å². The molecule has 0 spiro atoms. The molecular formula is C54H95NO13. The van der Waals surface area contributed by atoms with Crippen molar-refractivity contribution >= 4 is 35.8 Å². The van der Waals surface area contributed by atoms with Gasteiger partial charge in [0.1, 0.15) is 18.8 Å². The van der Waals surface area contributed by atoms with E-state index in [-0.39, 0.29) is 18.9 Å². The maximum atomic E-state index is 13.6. The third kappa shape index (κ3) is 33.1. The average Bonchev–Trinajstić information content (AvgIpc) is 3.27. The van der Waals surface area contributed by atoms with Crippen LogP contribution in [0.3, 0.4) is 0 Å². The summed E-state index contributed by atoms with van der Waals surface area (Å²) < 4.78 is 40.1. The van der Waals surface area contributed by atoms with Crippen LogP contribution < -0.4 is 5.32 Å². The Kier molecular flexibility index (Phi) is 37.9. The maximum Gasteiger partial charge on any atom is 0.303 e. The van der Waals surface area contributed by atoms with Gasteiger partial charge in [0.2, 0.25) is 5.91 Å². The Morgan fingerprint density at radius 2 is 0.912 bits per heavy atom. The fraction of sp³-hybridized carbons (Fsp3) is 0.852. The first kappa shape index (κ1) is 62.5. The van der Waals surface area contributed by atoms with E-state index in [1.165, 1.54) is 149 Å². The molecule has 0 saturated carbocycles. The molecule has 1 aliphatic rings. The average molecular weight is 966 g/mol. The summed E-state index contributed by atoms with van der Waals surface area (Å²) in [5.41, 5.74) is 0. The molecule has 0 radical (unpaired) electrons. The number of hydrogen-bond donors (Lipinski definition) is 1. The molecule has 0 aromatic carbocycles. The molecule has 1 amide bonds. The second kappa shape index (κ2) is 41.3. The van der Waals surface area contributed by atoms with Crippen LogP contribution in [0.25, 0.3) is 0 Å². The number of unbranched alkanes of at least 4 members (excludes halogenated alkanes) is 27. The van der Waals surface area contributed by atoms with Gasteiger partial charge < -0.3 is 38.5 Å². The zero-order valence-electron chi connectivity index (χ0n) is 43.6. The fourth-order valence-electron chi connectivity index (χ4n) is 8.63. The second-order valence-electron chi connectivity index (χ2n) is 18.8. The second-order valence-corrected chi connectivity index (χ2v) is 18.8. The van der Waals surface area contributed by atoms with Crippen molar-refractivity contribution in [2.75, 3.05) is 13.2 Å². The van der Waals surface area contributed by atoms with Gasteiger partial charge in [-0.05, 0) is 25.3 Å². The molecule has 1 N–H and O–H groups in total. The number of esters is 5. The molecule has 7 atom stereocenters. The number of amides is 1. The van der Waals surface area contributed by atoms with Crippen molar-refractivity contribution in [3.05, 3.63) is 12.2 Å². The van der Waals surface area contributed by atoms with E-state index in [1.54, 1.807) is 6.08 Å². The van der Waals surface area contributed by atoms with E-state index in [0.29, 0.717) is 6.42 Å². The quantitative estimate of drug-likeness (QED) is 0.0265. The van der Waals surface area contributed by atoms with Crippen molar-refractivity contribution in [3.8, 4) is 0 Å². The van der Waals surface area contributed by atoms with Gasteiger partial charge in [-0.25, -0.2) is 0 Å². The first-order valence-corrected chi connectivity index (χ1v) is 26.8. The maximum absolute atomic E-state index is 13.6. The molecule has 0 aromatic heterocycles. The Balaban J connectivity index is 3.02. The molecule has 0 aromatic rings. The van der Waals surface area contributed by atoms with E-state index in [4.69, 9.17) is 33.2 Å². The van der Waals surface area contributed by atoms with Crippen molar-refractivity contribution in [2.45, 2.75) is 284 Å². The Morgan fingerprint density at radius 1 is 0.500 bits per heavy atom. The van der Waals surface area contributed by atoms with Crippen molar-refractivity contribution in [3.63, 3.8) is 0 Å². The highest BCUT2D eigenvalue weighted by Gasteiger charge is 2.53. The summed E-state index contributed by atoms with van der Waals surface area (Å²) in [7, 11) is 0. The summed E-state index contributed by atoms with van der Waals surface area (Å²) in [5.74, 6) is -3.76. The van der Waals surface area contributed by atoms with Crippen LogP contribution in [0.1, 0.15) is 241 Å². The summed E-state index contributed by atoms with van der Waals surface area (Å²) >= 11 is 0. The van der Waals surface area contributed by atoms with Gasteiger partial charge in [-0.3, -0.25) is 28.8 Å². The lowest BCUT2D eigenvalue weighted by Crippen LogP contribution is -2.63. The monoisotopic (exact) mass is 966 g/mol. The topological polar surface area (TPSA) is 179 Å². The molecule has 2 unspecified atom stereocenters. The summed E-state index contributed by atoms with van der Waals surface area (Å²) in [4.78, 5) is 75.0. The van der Waals surface area contributed by atoms with Gasteiger partial charge in [0.25, 0.3) is 0 Å². The molecule has 1 saturated heterocycles. The Hall–Kier alpha value is -3.52. The van der Waals surface area contributed by atoms with Crippen molar-refractivity contribution < 1.29 is 61.9 Å². The van der Waals surface area contributed by atoms with Crippen LogP contribution in [0.5, 0.6) is 0 Å². The minimum absolute atomic E-state index is 0.253.